The lowest BCUT2D eigenvalue weighted by molar-refractivity contribution is -0.137. The lowest BCUT2D eigenvalue weighted by Crippen LogP contribution is -2.50. The summed E-state index contributed by atoms with van der Waals surface area (Å²) in [4.78, 5) is 25.0. The Labute approximate surface area is 154 Å². The van der Waals surface area contributed by atoms with E-state index in [0.717, 1.165) is 30.8 Å². The van der Waals surface area contributed by atoms with Crippen LogP contribution in [0.15, 0.2) is 30.5 Å². The van der Waals surface area contributed by atoms with E-state index >= 15 is 0 Å². The molecule has 4 rings (SSSR count). The maximum absolute atomic E-state index is 13.0. The number of carbonyl (C=O) groups is 1. The van der Waals surface area contributed by atoms with Crippen LogP contribution in [0.25, 0.3) is 11.4 Å². The Morgan fingerprint density at radius 1 is 1.37 bits per heavy atom. The third-order valence-electron chi connectivity index (χ3n) is 4.84. The first kappa shape index (κ1) is 17.6. The van der Waals surface area contributed by atoms with Crippen LogP contribution in [0.2, 0.25) is 0 Å². The average Bonchev–Trinajstić information content (AvgIpc) is 3.05. The molecule has 0 unspecified atom stereocenters. The van der Waals surface area contributed by atoms with E-state index in [9.17, 15) is 18.0 Å². The molecule has 0 spiro atoms. The van der Waals surface area contributed by atoms with Crippen molar-refractivity contribution in [2.45, 2.75) is 25.6 Å². The van der Waals surface area contributed by atoms with Crippen LogP contribution in [0.5, 0.6) is 0 Å². The van der Waals surface area contributed by atoms with E-state index in [1.54, 1.807) is 11.1 Å². The lowest BCUT2D eigenvalue weighted by Gasteiger charge is -2.35. The van der Waals surface area contributed by atoms with Crippen molar-refractivity contribution in [3.63, 3.8) is 0 Å². The minimum atomic E-state index is -4.44. The molecule has 1 aromatic carbocycles. The van der Waals surface area contributed by atoms with E-state index in [0.29, 0.717) is 18.9 Å². The quantitative estimate of drug-likeness (QED) is 0.873. The van der Waals surface area contributed by atoms with Crippen LogP contribution < -0.4 is 15.1 Å². The zero-order valence-electron chi connectivity index (χ0n) is 14.6. The predicted octanol–water partition coefficient (Wildman–Crippen LogP) is 3.29. The molecule has 0 saturated carbocycles. The standard InChI is InChI=1S/C18H18F3N5O/c1-2-22-17(27)26-13-6-7-25(10-13)14-9-23-15(24-16(14)26)11-4-3-5-12(8-11)18(19,20)21/h3-5,8-9,13H,2,6-7,10H2,1H3,(H,22,27)/t13-/m0/s1. The molecule has 2 aliphatic rings. The average molecular weight is 377 g/mol. The van der Waals surface area contributed by atoms with Crippen molar-refractivity contribution in [1.82, 2.24) is 15.3 Å². The fraction of sp³-hybridized carbons (Fsp3) is 0.389. The minimum absolute atomic E-state index is 0.00619. The number of amides is 2. The van der Waals surface area contributed by atoms with Gasteiger partial charge in [-0.1, -0.05) is 12.1 Å². The van der Waals surface area contributed by atoms with Gasteiger partial charge in [-0.3, -0.25) is 4.90 Å². The molecule has 2 amide bonds. The van der Waals surface area contributed by atoms with E-state index in [1.165, 1.54) is 12.1 Å². The summed E-state index contributed by atoms with van der Waals surface area (Å²) in [6.07, 6.45) is -2.04. The van der Waals surface area contributed by atoms with Crippen molar-refractivity contribution in [2.75, 3.05) is 29.4 Å². The zero-order valence-corrected chi connectivity index (χ0v) is 14.6. The molecule has 2 aromatic rings. The Hall–Kier alpha value is -2.84. The van der Waals surface area contributed by atoms with Gasteiger partial charge in [0.1, 0.15) is 0 Å². The van der Waals surface area contributed by atoms with E-state index in [4.69, 9.17) is 0 Å². The van der Waals surface area contributed by atoms with Gasteiger partial charge < -0.3 is 10.2 Å². The van der Waals surface area contributed by atoms with Gasteiger partial charge in [-0.15, -0.1) is 0 Å². The summed E-state index contributed by atoms with van der Waals surface area (Å²) < 4.78 is 39.0. The molecule has 9 heteroatoms. The van der Waals surface area contributed by atoms with Crippen LogP contribution in [-0.4, -0.2) is 41.7 Å². The number of alkyl halides is 3. The maximum atomic E-state index is 13.0. The summed E-state index contributed by atoms with van der Waals surface area (Å²) in [5.74, 6) is 0.605. The molecule has 6 nitrogen and oxygen atoms in total. The molecule has 0 aliphatic carbocycles. The highest BCUT2D eigenvalue weighted by molar-refractivity contribution is 5.96. The van der Waals surface area contributed by atoms with E-state index < -0.39 is 11.7 Å². The SMILES string of the molecule is CCNC(=O)N1c2nc(-c3cccc(C(F)(F)F)c3)ncc2N2CC[C@H]1C2. The first-order valence-corrected chi connectivity index (χ1v) is 8.75. The molecular formula is C18H18F3N5O. The molecule has 1 saturated heterocycles. The van der Waals surface area contributed by atoms with Crippen LogP contribution in [-0.2, 0) is 6.18 Å². The molecule has 3 heterocycles. The topological polar surface area (TPSA) is 61.4 Å². The number of halogens is 3. The summed E-state index contributed by atoms with van der Waals surface area (Å²) in [5, 5.41) is 2.79. The highest BCUT2D eigenvalue weighted by atomic mass is 19.4. The Morgan fingerprint density at radius 2 is 2.19 bits per heavy atom. The maximum Gasteiger partial charge on any atom is 0.416 e. The third kappa shape index (κ3) is 3.07. The number of carbonyl (C=O) groups excluding carboxylic acids is 1. The second-order valence-corrected chi connectivity index (χ2v) is 6.58. The molecule has 1 atom stereocenters. The highest BCUT2D eigenvalue weighted by Gasteiger charge is 2.40. The molecule has 1 aromatic heterocycles. The van der Waals surface area contributed by atoms with Crippen molar-refractivity contribution >= 4 is 17.5 Å². The van der Waals surface area contributed by atoms with Crippen molar-refractivity contribution in [1.29, 1.82) is 0 Å². The molecule has 2 aliphatic heterocycles. The largest absolute Gasteiger partial charge is 0.416 e. The van der Waals surface area contributed by atoms with Gasteiger partial charge in [0.2, 0.25) is 0 Å². The van der Waals surface area contributed by atoms with Crippen LogP contribution in [0.4, 0.5) is 29.5 Å². The first-order valence-electron chi connectivity index (χ1n) is 8.75. The van der Waals surface area contributed by atoms with Crippen molar-refractivity contribution in [3.8, 4) is 11.4 Å². The van der Waals surface area contributed by atoms with Crippen molar-refractivity contribution in [3.05, 3.63) is 36.0 Å². The summed E-state index contributed by atoms with van der Waals surface area (Å²) in [6.45, 7) is 3.81. The summed E-state index contributed by atoms with van der Waals surface area (Å²) in [6, 6.07) is 4.64. The summed E-state index contributed by atoms with van der Waals surface area (Å²) >= 11 is 0. The lowest BCUT2D eigenvalue weighted by atomic mass is 10.1. The number of nitrogens with zero attached hydrogens (tertiary/aromatic N) is 4. The van der Waals surface area contributed by atoms with Gasteiger partial charge in [-0.05, 0) is 25.5 Å². The van der Waals surface area contributed by atoms with Gasteiger partial charge in [-0.2, -0.15) is 13.2 Å². The minimum Gasteiger partial charge on any atom is -0.365 e. The number of benzene rings is 1. The second-order valence-electron chi connectivity index (χ2n) is 6.58. The smallest absolute Gasteiger partial charge is 0.365 e. The molecule has 1 N–H and O–H groups in total. The molecule has 27 heavy (non-hydrogen) atoms. The van der Waals surface area contributed by atoms with Gasteiger partial charge in [0, 0.05) is 25.2 Å². The Bertz CT molecular complexity index is 886. The third-order valence-corrected chi connectivity index (χ3v) is 4.84. The van der Waals surface area contributed by atoms with E-state index in [1.807, 2.05) is 6.92 Å². The fourth-order valence-corrected chi connectivity index (χ4v) is 3.58. The van der Waals surface area contributed by atoms with Gasteiger partial charge in [0.15, 0.2) is 11.6 Å². The summed E-state index contributed by atoms with van der Waals surface area (Å²) in [5.41, 5.74) is 0.229. The van der Waals surface area contributed by atoms with Crippen LogP contribution in [0.3, 0.4) is 0 Å². The first-order chi connectivity index (χ1) is 12.9. The van der Waals surface area contributed by atoms with Gasteiger partial charge in [0.25, 0.3) is 0 Å². The Kier molecular flexibility index (Phi) is 4.16. The predicted molar refractivity (Wildman–Crippen MR) is 94.6 cm³/mol. The number of nitrogens with one attached hydrogen (secondary N) is 1. The zero-order chi connectivity index (χ0) is 19.2. The second kappa shape index (κ2) is 6.40. The number of anilines is 2. The monoisotopic (exact) mass is 377 g/mol. The highest BCUT2D eigenvalue weighted by Crippen LogP contribution is 2.39. The Morgan fingerprint density at radius 3 is 2.93 bits per heavy atom. The van der Waals surface area contributed by atoms with Gasteiger partial charge in [0.05, 0.1) is 23.5 Å². The van der Waals surface area contributed by atoms with E-state index in [-0.39, 0.29) is 23.5 Å². The van der Waals surface area contributed by atoms with Gasteiger partial charge >= 0.3 is 12.2 Å². The van der Waals surface area contributed by atoms with Crippen LogP contribution in [0, 0.1) is 0 Å². The molecule has 142 valence electrons. The normalized spacial score (nSPS) is 18.4. The van der Waals surface area contributed by atoms with Crippen molar-refractivity contribution in [2.24, 2.45) is 0 Å². The molecule has 2 bridgehead atoms. The fourth-order valence-electron chi connectivity index (χ4n) is 3.58. The van der Waals surface area contributed by atoms with E-state index in [2.05, 4.69) is 20.2 Å². The molecular weight excluding hydrogens is 359 g/mol. The number of fused-ring (bicyclic) bond motifs is 4. The number of rotatable bonds is 2. The number of urea groups is 1. The van der Waals surface area contributed by atoms with Crippen LogP contribution in [0.1, 0.15) is 18.9 Å². The Balaban J connectivity index is 1.78. The number of hydrogen-bond acceptors (Lipinski definition) is 4. The number of aromatic nitrogens is 2. The molecule has 1 fully saturated rings. The van der Waals surface area contributed by atoms with Crippen LogP contribution >= 0.6 is 0 Å². The number of hydrogen-bond donors (Lipinski definition) is 1. The molecule has 0 radical (unpaired) electrons. The van der Waals surface area contributed by atoms with Gasteiger partial charge in [-0.25, -0.2) is 14.8 Å². The summed E-state index contributed by atoms with van der Waals surface area (Å²) in [7, 11) is 0. The van der Waals surface area contributed by atoms with Crippen molar-refractivity contribution < 1.29 is 18.0 Å².